The number of sulfonamides is 1. The van der Waals surface area contributed by atoms with E-state index in [-0.39, 0.29) is 17.7 Å². The summed E-state index contributed by atoms with van der Waals surface area (Å²) < 4.78 is 30.5. The standard InChI is InChI=1S/C10H22ClNO3S/c1-9(2)12(5-6-15-4)16(13,14)8-10(3)7-11/h9-10H,5-8H2,1-4H3. The summed E-state index contributed by atoms with van der Waals surface area (Å²) in [7, 11) is -1.67. The Hall–Kier alpha value is 0.160. The van der Waals surface area contributed by atoms with Crippen LogP contribution in [0.2, 0.25) is 0 Å². The molecule has 0 bridgehead atoms. The molecule has 0 heterocycles. The van der Waals surface area contributed by atoms with Crippen molar-refractivity contribution in [1.82, 2.24) is 4.31 Å². The molecule has 1 atom stereocenters. The minimum Gasteiger partial charge on any atom is -0.383 e. The summed E-state index contributed by atoms with van der Waals surface area (Å²) in [5, 5.41) is 0. The third-order valence-corrected chi connectivity index (χ3v) is 5.04. The van der Waals surface area contributed by atoms with Crippen LogP contribution in [0, 0.1) is 5.92 Å². The molecule has 98 valence electrons. The first-order chi connectivity index (χ1) is 7.35. The quantitative estimate of drug-likeness (QED) is 0.629. The normalized spacial score (nSPS) is 14.7. The summed E-state index contributed by atoms with van der Waals surface area (Å²) in [5.74, 6) is 0.420. The van der Waals surface area contributed by atoms with E-state index in [0.717, 1.165) is 0 Å². The van der Waals surface area contributed by atoms with E-state index in [2.05, 4.69) is 0 Å². The molecular formula is C10H22ClNO3S. The maximum Gasteiger partial charge on any atom is 0.214 e. The van der Waals surface area contributed by atoms with E-state index in [0.29, 0.717) is 19.0 Å². The van der Waals surface area contributed by atoms with Gasteiger partial charge in [0.1, 0.15) is 0 Å². The maximum atomic E-state index is 12.1. The molecule has 0 saturated carbocycles. The Morgan fingerprint density at radius 1 is 1.31 bits per heavy atom. The van der Waals surface area contributed by atoms with E-state index in [9.17, 15) is 8.42 Å². The van der Waals surface area contributed by atoms with Gasteiger partial charge in [-0.05, 0) is 19.8 Å². The average Bonchev–Trinajstić information content (AvgIpc) is 2.16. The van der Waals surface area contributed by atoms with Gasteiger partial charge < -0.3 is 4.74 Å². The Labute approximate surface area is 104 Å². The van der Waals surface area contributed by atoms with Crippen LogP contribution in [0.5, 0.6) is 0 Å². The highest BCUT2D eigenvalue weighted by molar-refractivity contribution is 7.89. The minimum atomic E-state index is -3.24. The van der Waals surface area contributed by atoms with Gasteiger partial charge in [-0.15, -0.1) is 11.6 Å². The molecule has 0 spiro atoms. The topological polar surface area (TPSA) is 46.6 Å². The summed E-state index contributed by atoms with van der Waals surface area (Å²) in [6.07, 6.45) is 0. The second-order valence-corrected chi connectivity index (χ2v) is 6.51. The molecule has 0 aliphatic carbocycles. The zero-order valence-electron chi connectivity index (χ0n) is 10.4. The van der Waals surface area contributed by atoms with Gasteiger partial charge in [-0.1, -0.05) is 6.92 Å². The molecule has 0 N–H and O–H groups in total. The SMILES string of the molecule is COCCN(C(C)C)S(=O)(=O)CC(C)CCl. The van der Waals surface area contributed by atoms with Gasteiger partial charge in [0.2, 0.25) is 10.0 Å². The molecule has 0 aromatic rings. The lowest BCUT2D eigenvalue weighted by Gasteiger charge is -2.26. The molecule has 1 unspecified atom stereocenters. The predicted octanol–water partition coefficient (Wildman–Crippen LogP) is 1.55. The monoisotopic (exact) mass is 271 g/mol. The van der Waals surface area contributed by atoms with E-state index in [1.165, 1.54) is 4.31 Å². The van der Waals surface area contributed by atoms with Gasteiger partial charge in [-0.3, -0.25) is 0 Å². The van der Waals surface area contributed by atoms with Crippen LogP contribution in [0.3, 0.4) is 0 Å². The lowest BCUT2D eigenvalue weighted by atomic mass is 10.3. The van der Waals surface area contributed by atoms with Gasteiger partial charge in [0.25, 0.3) is 0 Å². The van der Waals surface area contributed by atoms with Gasteiger partial charge in [0, 0.05) is 25.6 Å². The summed E-state index contributed by atoms with van der Waals surface area (Å²) in [6.45, 7) is 6.36. The molecule has 0 aromatic heterocycles. The van der Waals surface area contributed by atoms with Crippen molar-refractivity contribution in [3.63, 3.8) is 0 Å². The molecule has 0 aliphatic heterocycles. The van der Waals surface area contributed by atoms with Crippen LogP contribution in [0.1, 0.15) is 20.8 Å². The van der Waals surface area contributed by atoms with Crippen molar-refractivity contribution in [3.8, 4) is 0 Å². The Morgan fingerprint density at radius 3 is 2.25 bits per heavy atom. The molecule has 16 heavy (non-hydrogen) atoms. The van der Waals surface area contributed by atoms with E-state index in [1.54, 1.807) is 7.11 Å². The molecular weight excluding hydrogens is 250 g/mol. The molecule has 0 radical (unpaired) electrons. The number of hydrogen-bond acceptors (Lipinski definition) is 3. The fraction of sp³-hybridized carbons (Fsp3) is 1.00. The number of rotatable bonds is 8. The lowest BCUT2D eigenvalue weighted by molar-refractivity contribution is 0.170. The number of halogens is 1. The zero-order valence-corrected chi connectivity index (χ0v) is 12.0. The fourth-order valence-corrected chi connectivity index (χ4v) is 3.66. The second kappa shape index (κ2) is 7.48. The largest absolute Gasteiger partial charge is 0.383 e. The third-order valence-electron chi connectivity index (χ3n) is 2.21. The molecule has 6 heteroatoms. The van der Waals surface area contributed by atoms with E-state index < -0.39 is 10.0 Å². The molecule has 0 aromatic carbocycles. The Kier molecular flexibility index (Phi) is 7.55. The fourth-order valence-electron chi connectivity index (χ4n) is 1.40. The summed E-state index contributed by atoms with van der Waals surface area (Å²) in [6, 6.07) is -0.0531. The molecule has 0 aliphatic rings. The van der Waals surface area contributed by atoms with Crippen LogP contribution >= 0.6 is 11.6 Å². The number of methoxy groups -OCH3 is 1. The second-order valence-electron chi connectivity index (χ2n) is 4.24. The van der Waals surface area contributed by atoms with E-state index in [4.69, 9.17) is 16.3 Å². The van der Waals surface area contributed by atoms with Crippen LogP contribution in [0.25, 0.3) is 0 Å². The molecule has 0 fully saturated rings. The van der Waals surface area contributed by atoms with Crippen LogP contribution in [-0.4, -0.2) is 50.7 Å². The maximum absolute atomic E-state index is 12.1. The van der Waals surface area contributed by atoms with Crippen LogP contribution in [0.4, 0.5) is 0 Å². The first-order valence-electron chi connectivity index (χ1n) is 5.39. The highest BCUT2D eigenvalue weighted by atomic mass is 35.5. The van der Waals surface area contributed by atoms with Crippen molar-refractivity contribution < 1.29 is 13.2 Å². The molecule has 0 rings (SSSR count). The smallest absolute Gasteiger partial charge is 0.214 e. The van der Waals surface area contributed by atoms with Crippen LogP contribution in [0.15, 0.2) is 0 Å². The van der Waals surface area contributed by atoms with E-state index in [1.807, 2.05) is 20.8 Å². The molecule has 4 nitrogen and oxygen atoms in total. The van der Waals surface area contributed by atoms with Gasteiger partial charge in [-0.25, -0.2) is 8.42 Å². The van der Waals surface area contributed by atoms with Crippen LogP contribution in [-0.2, 0) is 14.8 Å². The number of hydrogen-bond donors (Lipinski definition) is 0. The Morgan fingerprint density at radius 2 is 1.88 bits per heavy atom. The summed E-state index contributed by atoms with van der Waals surface area (Å²) in [5.41, 5.74) is 0. The molecule has 0 saturated heterocycles. The van der Waals surface area contributed by atoms with Crippen molar-refractivity contribution in [2.45, 2.75) is 26.8 Å². The molecule has 0 amide bonds. The predicted molar refractivity (Wildman–Crippen MR) is 67.4 cm³/mol. The summed E-state index contributed by atoms with van der Waals surface area (Å²) >= 11 is 5.64. The van der Waals surface area contributed by atoms with Gasteiger partial charge in [0.05, 0.1) is 12.4 Å². The van der Waals surface area contributed by atoms with Crippen molar-refractivity contribution in [3.05, 3.63) is 0 Å². The van der Waals surface area contributed by atoms with Gasteiger partial charge in [-0.2, -0.15) is 4.31 Å². The Balaban J connectivity index is 4.63. The van der Waals surface area contributed by atoms with Crippen LogP contribution < -0.4 is 0 Å². The summed E-state index contributed by atoms with van der Waals surface area (Å²) in [4.78, 5) is 0. The number of nitrogens with zero attached hydrogens (tertiary/aromatic N) is 1. The first kappa shape index (κ1) is 16.2. The van der Waals surface area contributed by atoms with E-state index >= 15 is 0 Å². The van der Waals surface area contributed by atoms with Crippen molar-refractivity contribution in [2.24, 2.45) is 5.92 Å². The van der Waals surface area contributed by atoms with Crippen molar-refractivity contribution in [1.29, 1.82) is 0 Å². The van der Waals surface area contributed by atoms with Crippen molar-refractivity contribution in [2.75, 3.05) is 31.9 Å². The van der Waals surface area contributed by atoms with Gasteiger partial charge >= 0.3 is 0 Å². The first-order valence-corrected chi connectivity index (χ1v) is 7.54. The zero-order chi connectivity index (χ0) is 12.8. The highest BCUT2D eigenvalue weighted by Crippen LogP contribution is 2.12. The Bertz CT molecular complexity index is 280. The highest BCUT2D eigenvalue weighted by Gasteiger charge is 2.26. The van der Waals surface area contributed by atoms with Gasteiger partial charge in [0.15, 0.2) is 0 Å². The number of alkyl halides is 1. The minimum absolute atomic E-state index is 0.0320. The number of ether oxygens (including phenoxy) is 1. The lowest BCUT2D eigenvalue weighted by Crippen LogP contribution is -2.41. The average molecular weight is 272 g/mol. The van der Waals surface area contributed by atoms with Crippen molar-refractivity contribution >= 4 is 21.6 Å². The third kappa shape index (κ3) is 5.48.